The smallest absolute Gasteiger partial charge is 0.324 e. The number of carbonyl (C=O) groups is 1. The summed E-state index contributed by atoms with van der Waals surface area (Å²) in [6, 6.07) is 0. The van der Waals surface area contributed by atoms with Gasteiger partial charge in [0.15, 0.2) is 0 Å². The van der Waals surface area contributed by atoms with Gasteiger partial charge in [0, 0.05) is 19.6 Å². The maximum Gasteiger partial charge on any atom is 0.324 e. The van der Waals surface area contributed by atoms with Crippen LogP contribution < -0.4 is 5.73 Å². The maximum atomic E-state index is 10.9. The number of carboxylic acid groups (broad SMARTS) is 1. The first-order valence-electron chi connectivity index (χ1n) is 5.35. The summed E-state index contributed by atoms with van der Waals surface area (Å²) in [7, 11) is 2.09. The minimum absolute atomic E-state index is 0.427. The molecule has 1 aliphatic rings. The fraction of sp³-hybridized carbons (Fsp3) is 0.900. The SMILES string of the molecule is CN1CCCN(CC(C)(N)C(=O)O)CC1. The average molecular weight is 215 g/mol. The van der Waals surface area contributed by atoms with Crippen molar-refractivity contribution in [2.24, 2.45) is 5.73 Å². The number of hydrogen-bond acceptors (Lipinski definition) is 4. The van der Waals surface area contributed by atoms with Gasteiger partial charge >= 0.3 is 5.97 Å². The molecular weight excluding hydrogens is 194 g/mol. The van der Waals surface area contributed by atoms with Crippen LogP contribution in [0.1, 0.15) is 13.3 Å². The van der Waals surface area contributed by atoms with E-state index in [9.17, 15) is 4.79 Å². The highest BCUT2D eigenvalue weighted by Crippen LogP contribution is 2.07. The molecule has 3 N–H and O–H groups in total. The summed E-state index contributed by atoms with van der Waals surface area (Å²) >= 11 is 0. The quantitative estimate of drug-likeness (QED) is 0.659. The maximum absolute atomic E-state index is 10.9. The minimum Gasteiger partial charge on any atom is -0.480 e. The van der Waals surface area contributed by atoms with Crippen LogP contribution >= 0.6 is 0 Å². The van der Waals surface area contributed by atoms with E-state index in [1.54, 1.807) is 6.92 Å². The van der Waals surface area contributed by atoms with Crippen molar-refractivity contribution in [1.29, 1.82) is 0 Å². The number of nitrogens with zero attached hydrogens (tertiary/aromatic N) is 2. The third-order valence-electron chi connectivity index (χ3n) is 2.85. The van der Waals surface area contributed by atoms with Crippen LogP contribution in [0.5, 0.6) is 0 Å². The van der Waals surface area contributed by atoms with Crippen molar-refractivity contribution in [2.45, 2.75) is 18.9 Å². The lowest BCUT2D eigenvalue weighted by Crippen LogP contribution is -2.54. The summed E-state index contributed by atoms with van der Waals surface area (Å²) in [5, 5.41) is 8.93. The van der Waals surface area contributed by atoms with Gasteiger partial charge in [-0.05, 0) is 33.5 Å². The largest absolute Gasteiger partial charge is 0.480 e. The van der Waals surface area contributed by atoms with E-state index in [1.807, 2.05) is 0 Å². The van der Waals surface area contributed by atoms with Crippen LogP contribution in [0.3, 0.4) is 0 Å². The Hall–Kier alpha value is -0.650. The molecule has 88 valence electrons. The Morgan fingerprint density at radius 3 is 2.67 bits per heavy atom. The molecule has 1 aliphatic heterocycles. The summed E-state index contributed by atoms with van der Waals surface area (Å²) in [6.45, 7) is 5.89. The first-order valence-corrected chi connectivity index (χ1v) is 5.35. The molecule has 5 heteroatoms. The van der Waals surface area contributed by atoms with E-state index in [-0.39, 0.29) is 0 Å². The molecule has 15 heavy (non-hydrogen) atoms. The Morgan fingerprint density at radius 2 is 2.07 bits per heavy atom. The summed E-state index contributed by atoms with van der Waals surface area (Å²) < 4.78 is 0. The third kappa shape index (κ3) is 3.77. The van der Waals surface area contributed by atoms with Gasteiger partial charge in [-0.2, -0.15) is 0 Å². The first kappa shape index (κ1) is 12.4. The highest BCUT2D eigenvalue weighted by atomic mass is 16.4. The second-order valence-electron chi connectivity index (χ2n) is 4.66. The normalized spacial score (nSPS) is 24.5. The average Bonchev–Trinajstić information content (AvgIpc) is 2.30. The van der Waals surface area contributed by atoms with Gasteiger partial charge in [-0.25, -0.2) is 0 Å². The van der Waals surface area contributed by atoms with E-state index in [1.165, 1.54) is 0 Å². The molecule has 1 fully saturated rings. The zero-order chi connectivity index (χ0) is 11.5. The molecule has 1 heterocycles. The van der Waals surface area contributed by atoms with Crippen molar-refractivity contribution in [2.75, 3.05) is 39.8 Å². The topological polar surface area (TPSA) is 69.8 Å². The molecule has 1 saturated heterocycles. The number of nitrogens with two attached hydrogens (primary N) is 1. The van der Waals surface area contributed by atoms with Crippen LogP contribution in [-0.4, -0.2) is 66.2 Å². The molecule has 0 radical (unpaired) electrons. The highest BCUT2D eigenvalue weighted by molar-refractivity contribution is 5.78. The van der Waals surface area contributed by atoms with Gasteiger partial charge in [0.1, 0.15) is 5.54 Å². The molecule has 1 rings (SSSR count). The molecule has 0 spiro atoms. The minimum atomic E-state index is -1.14. The Morgan fingerprint density at radius 1 is 1.40 bits per heavy atom. The van der Waals surface area contributed by atoms with E-state index < -0.39 is 11.5 Å². The molecule has 5 nitrogen and oxygen atoms in total. The highest BCUT2D eigenvalue weighted by Gasteiger charge is 2.30. The van der Waals surface area contributed by atoms with E-state index >= 15 is 0 Å². The standard InChI is InChI=1S/C10H21N3O2/c1-10(11,9(14)15)8-13-5-3-4-12(2)6-7-13/h3-8,11H2,1-2H3,(H,14,15). The summed E-state index contributed by atoms with van der Waals surface area (Å²) in [5.74, 6) is -0.930. The second-order valence-corrected chi connectivity index (χ2v) is 4.66. The third-order valence-corrected chi connectivity index (χ3v) is 2.85. The molecule has 0 amide bonds. The van der Waals surface area contributed by atoms with Crippen molar-refractivity contribution in [1.82, 2.24) is 9.80 Å². The lowest BCUT2D eigenvalue weighted by Gasteiger charge is -2.28. The Kier molecular flexibility index (Phi) is 4.07. The number of hydrogen-bond donors (Lipinski definition) is 2. The van der Waals surface area contributed by atoms with Crippen LogP contribution in [0.2, 0.25) is 0 Å². The molecule has 0 bridgehead atoms. The van der Waals surface area contributed by atoms with Gasteiger partial charge in [-0.3, -0.25) is 9.69 Å². The van der Waals surface area contributed by atoms with Gasteiger partial charge in [-0.15, -0.1) is 0 Å². The van der Waals surface area contributed by atoms with Crippen LogP contribution in [0.4, 0.5) is 0 Å². The summed E-state index contributed by atoms with van der Waals surface area (Å²) in [4.78, 5) is 15.3. The Balaban J connectivity index is 2.47. The van der Waals surface area contributed by atoms with Crippen molar-refractivity contribution >= 4 is 5.97 Å². The van der Waals surface area contributed by atoms with Gasteiger partial charge in [0.2, 0.25) is 0 Å². The first-order chi connectivity index (χ1) is 6.92. The lowest BCUT2D eigenvalue weighted by molar-refractivity contribution is -0.143. The van der Waals surface area contributed by atoms with Gasteiger partial charge < -0.3 is 15.7 Å². The molecule has 0 saturated carbocycles. The molecule has 0 aliphatic carbocycles. The molecule has 0 aromatic heterocycles. The lowest BCUT2D eigenvalue weighted by atomic mass is 10.0. The summed E-state index contributed by atoms with van der Waals surface area (Å²) in [6.07, 6.45) is 1.08. The van der Waals surface area contributed by atoms with E-state index in [2.05, 4.69) is 16.8 Å². The number of aliphatic carboxylic acids is 1. The zero-order valence-corrected chi connectivity index (χ0v) is 9.57. The monoisotopic (exact) mass is 215 g/mol. The van der Waals surface area contributed by atoms with Crippen molar-refractivity contribution < 1.29 is 9.90 Å². The summed E-state index contributed by atoms with van der Waals surface area (Å²) in [5.41, 5.74) is 4.59. The van der Waals surface area contributed by atoms with Crippen LogP contribution in [0.25, 0.3) is 0 Å². The van der Waals surface area contributed by atoms with Crippen LogP contribution in [0, 0.1) is 0 Å². The number of carboxylic acids is 1. The molecule has 1 unspecified atom stereocenters. The Bertz CT molecular complexity index is 231. The predicted molar refractivity (Wildman–Crippen MR) is 58.8 cm³/mol. The van der Waals surface area contributed by atoms with E-state index in [0.717, 1.165) is 32.6 Å². The second kappa shape index (κ2) is 4.92. The Labute approximate surface area is 90.8 Å². The fourth-order valence-corrected chi connectivity index (χ4v) is 1.79. The zero-order valence-electron chi connectivity index (χ0n) is 9.57. The van der Waals surface area contributed by atoms with E-state index in [0.29, 0.717) is 6.54 Å². The molecule has 1 atom stereocenters. The number of rotatable bonds is 3. The van der Waals surface area contributed by atoms with Gasteiger partial charge in [0.25, 0.3) is 0 Å². The molecule has 0 aromatic carbocycles. The molecule has 0 aromatic rings. The fourth-order valence-electron chi connectivity index (χ4n) is 1.79. The van der Waals surface area contributed by atoms with E-state index in [4.69, 9.17) is 10.8 Å². The van der Waals surface area contributed by atoms with Gasteiger partial charge in [0.05, 0.1) is 0 Å². The van der Waals surface area contributed by atoms with Crippen molar-refractivity contribution in [3.63, 3.8) is 0 Å². The predicted octanol–water partition coefficient (Wildman–Crippen LogP) is -0.574. The van der Waals surface area contributed by atoms with Gasteiger partial charge in [-0.1, -0.05) is 0 Å². The molecular formula is C10H21N3O2. The van der Waals surface area contributed by atoms with Crippen molar-refractivity contribution in [3.8, 4) is 0 Å². The number of likely N-dealkylation sites (N-methyl/N-ethyl adjacent to an activating group) is 1. The van der Waals surface area contributed by atoms with Crippen LogP contribution in [0.15, 0.2) is 0 Å². The van der Waals surface area contributed by atoms with Crippen LogP contribution in [-0.2, 0) is 4.79 Å². The van der Waals surface area contributed by atoms with Crippen molar-refractivity contribution in [3.05, 3.63) is 0 Å².